The molecule has 0 saturated carbocycles. The number of likely N-dealkylation sites (tertiary alicyclic amines) is 1. The number of piperidine rings is 1. The highest BCUT2D eigenvalue weighted by Gasteiger charge is 2.22. The first-order valence-corrected chi connectivity index (χ1v) is 8.35. The van der Waals surface area contributed by atoms with Crippen LogP contribution in [0.2, 0.25) is 0 Å². The van der Waals surface area contributed by atoms with Crippen molar-refractivity contribution >= 4 is 17.6 Å². The molecule has 1 saturated heterocycles. The predicted molar refractivity (Wildman–Crippen MR) is 86.4 cm³/mol. The minimum Gasteiger partial charge on any atom is -0.302 e. The van der Waals surface area contributed by atoms with Gasteiger partial charge in [-0.1, -0.05) is 36.2 Å². The molecule has 1 aromatic heterocycles. The number of aryl methyl sites for hydroxylation is 1. The lowest BCUT2D eigenvalue weighted by molar-refractivity contribution is -0.113. The highest BCUT2D eigenvalue weighted by Crippen LogP contribution is 2.26. The van der Waals surface area contributed by atoms with Gasteiger partial charge in [-0.2, -0.15) is 0 Å². The number of thiazole rings is 1. The maximum atomic E-state index is 11.2. The van der Waals surface area contributed by atoms with Gasteiger partial charge in [0.15, 0.2) is 0 Å². The average molecular weight is 300 g/mol. The van der Waals surface area contributed by atoms with Gasteiger partial charge in [0.05, 0.1) is 11.7 Å². The summed E-state index contributed by atoms with van der Waals surface area (Å²) in [5, 5.41) is 3.18. The van der Waals surface area contributed by atoms with Crippen LogP contribution in [0.1, 0.15) is 30.5 Å². The number of hydrogen-bond donors (Lipinski definition) is 0. The van der Waals surface area contributed by atoms with E-state index in [1.807, 2.05) is 0 Å². The Kier molecular flexibility index (Phi) is 4.46. The van der Waals surface area contributed by atoms with E-state index < -0.39 is 0 Å². The number of carbonyl (C=O) groups is 1. The summed E-state index contributed by atoms with van der Waals surface area (Å²) < 4.78 is 0. The van der Waals surface area contributed by atoms with Gasteiger partial charge < -0.3 is 4.79 Å². The fraction of sp³-hybridized carbons (Fsp3) is 0.412. The van der Waals surface area contributed by atoms with Crippen molar-refractivity contribution in [2.24, 2.45) is 0 Å². The molecule has 1 unspecified atom stereocenters. The number of nitrogens with zero attached hydrogens (tertiary/aromatic N) is 2. The first-order chi connectivity index (χ1) is 10.3. The third kappa shape index (κ3) is 3.39. The van der Waals surface area contributed by atoms with Crippen LogP contribution in [-0.2, 0) is 11.3 Å². The van der Waals surface area contributed by atoms with Gasteiger partial charge >= 0.3 is 0 Å². The molecule has 1 aromatic carbocycles. The Morgan fingerprint density at radius 1 is 1.33 bits per heavy atom. The third-order valence-corrected chi connectivity index (χ3v) is 4.98. The van der Waals surface area contributed by atoms with Crippen LogP contribution in [0.4, 0.5) is 0 Å². The molecule has 1 aliphatic rings. The van der Waals surface area contributed by atoms with Crippen LogP contribution < -0.4 is 0 Å². The lowest BCUT2D eigenvalue weighted by atomic mass is 10.0. The Labute approximate surface area is 129 Å². The molecule has 0 radical (unpaired) electrons. The van der Waals surface area contributed by atoms with E-state index in [9.17, 15) is 4.79 Å². The van der Waals surface area contributed by atoms with E-state index >= 15 is 0 Å². The van der Waals surface area contributed by atoms with Crippen LogP contribution in [0.15, 0.2) is 29.6 Å². The zero-order chi connectivity index (χ0) is 14.7. The molecule has 4 heteroatoms. The van der Waals surface area contributed by atoms with E-state index in [1.54, 1.807) is 11.3 Å². The molecule has 0 N–H and O–H groups in total. The third-order valence-electron chi connectivity index (χ3n) is 4.04. The summed E-state index contributed by atoms with van der Waals surface area (Å²) >= 11 is 1.68. The molecule has 0 aliphatic carbocycles. The van der Waals surface area contributed by atoms with Crippen molar-refractivity contribution in [1.82, 2.24) is 9.88 Å². The molecule has 3 rings (SSSR count). The summed E-state index contributed by atoms with van der Waals surface area (Å²) in [7, 11) is 0. The van der Waals surface area contributed by atoms with Gasteiger partial charge in [-0.25, -0.2) is 4.98 Å². The average Bonchev–Trinajstić information content (AvgIpc) is 2.97. The Balaban J connectivity index is 1.72. The molecule has 0 spiro atoms. The highest BCUT2D eigenvalue weighted by molar-refractivity contribution is 7.13. The number of benzene rings is 1. The largest absolute Gasteiger partial charge is 0.302 e. The fourth-order valence-electron chi connectivity index (χ4n) is 2.78. The van der Waals surface area contributed by atoms with Gasteiger partial charge in [-0.15, -0.1) is 11.3 Å². The van der Waals surface area contributed by atoms with Crippen LogP contribution in [0.3, 0.4) is 0 Å². The van der Waals surface area contributed by atoms with Gasteiger partial charge in [0.25, 0.3) is 0 Å². The fourth-order valence-corrected chi connectivity index (χ4v) is 3.60. The molecule has 1 atom stereocenters. The summed E-state index contributed by atoms with van der Waals surface area (Å²) in [5.74, 6) is 0. The van der Waals surface area contributed by atoms with Crippen LogP contribution >= 0.6 is 11.3 Å². The van der Waals surface area contributed by atoms with Crippen LogP contribution in [0, 0.1) is 6.92 Å². The minimum absolute atomic E-state index is 0.0725. The summed E-state index contributed by atoms with van der Waals surface area (Å²) in [4.78, 5) is 18.1. The standard InChI is InChI=1S/C17H20N2OS/c1-13-5-7-14(8-6-13)17-18-15(12-21-17)10-19-9-3-2-4-16(19)11-20/h5-8,11-12,16H,2-4,9-10H2,1H3. The number of hydrogen-bond acceptors (Lipinski definition) is 4. The van der Waals surface area contributed by atoms with E-state index in [4.69, 9.17) is 4.98 Å². The molecule has 1 aliphatic heterocycles. The molecule has 110 valence electrons. The second-order valence-corrected chi connectivity index (χ2v) is 6.54. The van der Waals surface area contributed by atoms with Crippen molar-refractivity contribution in [1.29, 1.82) is 0 Å². The zero-order valence-electron chi connectivity index (χ0n) is 12.3. The minimum atomic E-state index is 0.0725. The van der Waals surface area contributed by atoms with Crippen molar-refractivity contribution in [3.63, 3.8) is 0 Å². The Morgan fingerprint density at radius 2 is 2.14 bits per heavy atom. The molecule has 1 fully saturated rings. The zero-order valence-corrected chi connectivity index (χ0v) is 13.1. The van der Waals surface area contributed by atoms with Gasteiger partial charge in [0.2, 0.25) is 0 Å². The van der Waals surface area contributed by atoms with E-state index in [0.717, 1.165) is 42.9 Å². The van der Waals surface area contributed by atoms with Crippen molar-refractivity contribution in [3.05, 3.63) is 40.9 Å². The van der Waals surface area contributed by atoms with Gasteiger partial charge in [0, 0.05) is 17.5 Å². The van der Waals surface area contributed by atoms with Crippen LogP contribution in [-0.4, -0.2) is 28.8 Å². The summed E-state index contributed by atoms with van der Waals surface area (Å²) in [6, 6.07) is 8.54. The van der Waals surface area contributed by atoms with Crippen molar-refractivity contribution < 1.29 is 4.79 Å². The molecular weight excluding hydrogens is 280 g/mol. The number of rotatable bonds is 4. The number of aromatic nitrogens is 1. The quantitative estimate of drug-likeness (QED) is 0.808. The van der Waals surface area contributed by atoms with E-state index in [-0.39, 0.29) is 6.04 Å². The topological polar surface area (TPSA) is 33.2 Å². The monoisotopic (exact) mass is 300 g/mol. The normalized spacial score (nSPS) is 19.6. The smallest absolute Gasteiger partial charge is 0.137 e. The van der Waals surface area contributed by atoms with Gasteiger partial charge in [-0.05, 0) is 26.3 Å². The van der Waals surface area contributed by atoms with E-state index in [2.05, 4.69) is 41.5 Å². The lowest BCUT2D eigenvalue weighted by Crippen LogP contribution is -2.39. The first-order valence-electron chi connectivity index (χ1n) is 7.47. The molecule has 0 bridgehead atoms. The second-order valence-electron chi connectivity index (χ2n) is 5.68. The number of aldehydes is 1. The summed E-state index contributed by atoms with van der Waals surface area (Å²) in [6.07, 6.45) is 4.41. The van der Waals surface area contributed by atoms with Crippen LogP contribution in [0.25, 0.3) is 10.6 Å². The molecule has 3 nitrogen and oxygen atoms in total. The highest BCUT2D eigenvalue weighted by atomic mass is 32.1. The first kappa shape index (κ1) is 14.4. The Morgan fingerprint density at radius 3 is 2.90 bits per heavy atom. The molecule has 21 heavy (non-hydrogen) atoms. The Bertz CT molecular complexity index is 606. The van der Waals surface area contributed by atoms with Crippen molar-refractivity contribution in [2.75, 3.05) is 6.54 Å². The van der Waals surface area contributed by atoms with E-state index in [0.29, 0.717) is 0 Å². The van der Waals surface area contributed by atoms with Crippen LogP contribution in [0.5, 0.6) is 0 Å². The predicted octanol–water partition coefficient (Wildman–Crippen LogP) is 3.67. The maximum Gasteiger partial charge on any atom is 0.137 e. The lowest BCUT2D eigenvalue weighted by Gasteiger charge is -2.31. The molecule has 0 amide bonds. The Hall–Kier alpha value is -1.52. The van der Waals surface area contributed by atoms with Crippen molar-refractivity contribution in [2.45, 2.75) is 38.8 Å². The SMILES string of the molecule is Cc1ccc(-c2nc(CN3CCCCC3C=O)cs2)cc1. The van der Waals surface area contributed by atoms with Crippen molar-refractivity contribution in [3.8, 4) is 10.6 Å². The van der Waals surface area contributed by atoms with E-state index in [1.165, 1.54) is 17.5 Å². The summed E-state index contributed by atoms with van der Waals surface area (Å²) in [5.41, 5.74) is 3.50. The number of carbonyl (C=O) groups excluding carboxylic acids is 1. The molecule has 2 aromatic rings. The maximum absolute atomic E-state index is 11.2. The van der Waals surface area contributed by atoms with Gasteiger partial charge in [-0.3, -0.25) is 4.90 Å². The van der Waals surface area contributed by atoms with Gasteiger partial charge in [0.1, 0.15) is 11.3 Å². The molecular formula is C17H20N2OS. The molecule has 2 heterocycles. The second kappa shape index (κ2) is 6.50. The summed E-state index contributed by atoms with van der Waals surface area (Å²) in [6.45, 7) is 3.87.